The molecule has 1 aromatic rings. The lowest BCUT2D eigenvalue weighted by Gasteiger charge is -2.60. The average Bonchev–Trinajstić information content (AvgIpc) is 3.09. The van der Waals surface area contributed by atoms with E-state index in [9.17, 15) is 19.1 Å². The third-order valence-electron chi connectivity index (χ3n) is 7.44. The third kappa shape index (κ3) is 3.09. The Hall–Kier alpha value is -1.87. The first-order valence-corrected chi connectivity index (χ1v) is 10.9. The van der Waals surface area contributed by atoms with Crippen LogP contribution in [0, 0.1) is 5.82 Å². The third-order valence-corrected chi connectivity index (χ3v) is 7.44. The molecule has 5 rings (SSSR count). The Labute approximate surface area is 176 Å². The van der Waals surface area contributed by atoms with E-state index < -0.39 is 23.5 Å². The number of carbonyl (C=O) groups excluding carboxylic acids is 2. The summed E-state index contributed by atoms with van der Waals surface area (Å²) in [6, 6.07) is 6.21. The maximum absolute atomic E-state index is 14.2. The van der Waals surface area contributed by atoms with Gasteiger partial charge in [0.05, 0.1) is 18.7 Å². The predicted molar refractivity (Wildman–Crippen MR) is 108 cm³/mol. The summed E-state index contributed by atoms with van der Waals surface area (Å²) in [5, 5.41) is 10.3. The molecule has 1 N–H and O–H groups in total. The number of fused-ring (bicyclic) bond motifs is 2. The number of hydrogen-bond acceptors (Lipinski definition) is 6. The van der Waals surface area contributed by atoms with Crippen molar-refractivity contribution in [1.82, 2.24) is 19.6 Å². The van der Waals surface area contributed by atoms with Gasteiger partial charge in [-0.25, -0.2) is 4.39 Å². The molecular weight excluding hydrogens is 387 g/mol. The van der Waals surface area contributed by atoms with Crippen molar-refractivity contribution in [2.45, 2.75) is 49.5 Å². The number of amides is 2. The van der Waals surface area contributed by atoms with E-state index in [1.54, 1.807) is 18.2 Å². The number of aliphatic hydroxyl groups excluding tert-OH is 1. The predicted octanol–water partition coefficient (Wildman–Crippen LogP) is 0.278. The number of halogens is 1. The van der Waals surface area contributed by atoms with Crippen molar-refractivity contribution < 1.29 is 19.1 Å². The number of nitrogens with zero attached hydrogens (tertiary/aromatic N) is 4. The number of imide groups is 1. The van der Waals surface area contributed by atoms with Crippen LogP contribution in [0.15, 0.2) is 24.3 Å². The fraction of sp³-hybridized carbons (Fsp3) is 0.636. The number of hydrogen-bond donors (Lipinski definition) is 1. The molecule has 162 valence electrons. The zero-order valence-electron chi connectivity index (χ0n) is 17.3. The largest absolute Gasteiger partial charge is 0.392 e. The molecule has 4 fully saturated rings. The number of β-amino-alcohol motifs (C(OH)–C–C–N with tert-alkyl or cyclic N) is 1. The van der Waals surface area contributed by atoms with E-state index in [2.05, 4.69) is 16.8 Å². The van der Waals surface area contributed by atoms with Gasteiger partial charge in [-0.3, -0.25) is 24.3 Å². The number of rotatable bonds is 3. The second-order valence-electron chi connectivity index (χ2n) is 9.35. The zero-order chi connectivity index (χ0) is 21.0. The highest BCUT2D eigenvalue weighted by molar-refractivity contribution is 6.06. The van der Waals surface area contributed by atoms with Gasteiger partial charge in [-0.1, -0.05) is 18.2 Å². The molecule has 4 heterocycles. The van der Waals surface area contributed by atoms with Crippen molar-refractivity contribution in [2.75, 3.05) is 39.8 Å². The Kier molecular flexibility index (Phi) is 4.93. The first kappa shape index (κ1) is 20.1. The minimum atomic E-state index is -0.787. The van der Waals surface area contributed by atoms with Gasteiger partial charge in [-0.15, -0.1) is 0 Å². The summed E-state index contributed by atoms with van der Waals surface area (Å²) >= 11 is 0. The second kappa shape index (κ2) is 7.37. The summed E-state index contributed by atoms with van der Waals surface area (Å²) in [6.07, 6.45) is 1.86. The highest BCUT2D eigenvalue weighted by atomic mass is 19.1. The van der Waals surface area contributed by atoms with Gasteiger partial charge >= 0.3 is 0 Å². The highest BCUT2D eigenvalue weighted by Crippen LogP contribution is 2.42. The molecule has 0 radical (unpaired) electrons. The van der Waals surface area contributed by atoms with E-state index >= 15 is 0 Å². The summed E-state index contributed by atoms with van der Waals surface area (Å²) in [5.74, 6) is -0.976. The van der Waals surface area contributed by atoms with Crippen LogP contribution in [0.2, 0.25) is 0 Å². The van der Waals surface area contributed by atoms with Gasteiger partial charge in [0, 0.05) is 31.2 Å². The average molecular weight is 416 g/mol. The Morgan fingerprint density at radius 2 is 1.87 bits per heavy atom. The minimum absolute atomic E-state index is 0.0548. The van der Waals surface area contributed by atoms with E-state index in [0.717, 1.165) is 25.9 Å². The van der Waals surface area contributed by atoms with Crippen LogP contribution in [0.1, 0.15) is 24.8 Å². The highest BCUT2D eigenvalue weighted by Gasteiger charge is 2.64. The molecule has 0 bridgehead atoms. The van der Waals surface area contributed by atoms with Crippen LogP contribution in [-0.4, -0.2) is 100 Å². The lowest BCUT2D eigenvalue weighted by molar-refractivity contribution is -0.184. The lowest BCUT2D eigenvalue weighted by Crippen LogP contribution is -2.82. The Morgan fingerprint density at radius 3 is 2.57 bits per heavy atom. The fourth-order valence-electron chi connectivity index (χ4n) is 5.68. The van der Waals surface area contributed by atoms with Crippen molar-refractivity contribution in [2.24, 2.45) is 0 Å². The number of piperazine rings is 1. The quantitative estimate of drug-likeness (QED) is 0.714. The number of benzene rings is 1. The molecule has 2 amide bonds. The van der Waals surface area contributed by atoms with Gasteiger partial charge < -0.3 is 10.0 Å². The molecule has 4 saturated heterocycles. The normalized spacial score (nSPS) is 30.7. The van der Waals surface area contributed by atoms with Gasteiger partial charge in [-0.2, -0.15) is 0 Å². The minimum Gasteiger partial charge on any atom is -0.392 e. The van der Waals surface area contributed by atoms with Crippen molar-refractivity contribution in [3.63, 3.8) is 0 Å². The van der Waals surface area contributed by atoms with E-state index in [-0.39, 0.29) is 18.4 Å². The Balaban J connectivity index is 1.40. The molecule has 0 unspecified atom stereocenters. The summed E-state index contributed by atoms with van der Waals surface area (Å²) in [5.41, 5.74) is -0.446. The molecule has 8 heteroatoms. The van der Waals surface area contributed by atoms with Crippen LogP contribution < -0.4 is 0 Å². The van der Waals surface area contributed by atoms with Crippen molar-refractivity contribution in [1.29, 1.82) is 0 Å². The van der Waals surface area contributed by atoms with Crippen LogP contribution in [0.25, 0.3) is 0 Å². The summed E-state index contributed by atoms with van der Waals surface area (Å²) in [6.45, 7) is 3.53. The molecule has 7 nitrogen and oxygen atoms in total. The Morgan fingerprint density at radius 1 is 1.17 bits per heavy atom. The van der Waals surface area contributed by atoms with Crippen molar-refractivity contribution >= 4 is 11.8 Å². The molecular formula is C22H29FN4O3. The zero-order valence-corrected chi connectivity index (χ0v) is 17.3. The van der Waals surface area contributed by atoms with Crippen LogP contribution >= 0.6 is 0 Å². The van der Waals surface area contributed by atoms with Crippen molar-refractivity contribution in [3.8, 4) is 0 Å². The van der Waals surface area contributed by atoms with E-state index in [1.165, 1.54) is 11.0 Å². The molecule has 0 saturated carbocycles. The molecule has 0 aromatic heterocycles. The number of piperidine rings is 1. The fourth-order valence-corrected chi connectivity index (χ4v) is 5.68. The summed E-state index contributed by atoms with van der Waals surface area (Å²) in [4.78, 5) is 34.6. The van der Waals surface area contributed by atoms with Gasteiger partial charge in [-0.05, 0) is 45.5 Å². The van der Waals surface area contributed by atoms with Crippen LogP contribution in [0.4, 0.5) is 4.39 Å². The topological polar surface area (TPSA) is 67.3 Å². The lowest BCUT2D eigenvalue weighted by atomic mass is 9.80. The van der Waals surface area contributed by atoms with Gasteiger partial charge in [0.1, 0.15) is 11.4 Å². The van der Waals surface area contributed by atoms with Gasteiger partial charge in [0.25, 0.3) is 5.91 Å². The monoisotopic (exact) mass is 416 g/mol. The maximum atomic E-state index is 14.2. The van der Waals surface area contributed by atoms with Crippen molar-refractivity contribution in [3.05, 3.63) is 35.6 Å². The van der Waals surface area contributed by atoms with E-state index in [0.29, 0.717) is 37.7 Å². The number of likely N-dealkylation sites (tertiary alicyclic amines) is 2. The number of aliphatic hydroxyl groups is 1. The summed E-state index contributed by atoms with van der Waals surface area (Å²) in [7, 11) is 2.13. The molecule has 2 atom stereocenters. The number of carbonyl (C=O) groups is 2. The molecule has 1 spiro atoms. The molecule has 4 aliphatic heterocycles. The molecule has 4 aliphatic rings. The van der Waals surface area contributed by atoms with Gasteiger partial charge in [0.15, 0.2) is 0 Å². The standard InChI is InChI=1S/C22H29FN4O3/c1-24-8-6-16(7-9-24)25-13-22(14-25)21(30)26(11-15-4-2-3-5-18(15)23)20(29)19-10-17(28)12-27(19)22/h2-5,16-17,19,28H,6-14H2,1H3/t17-,19+/m1/s1. The molecule has 0 aliphatic carbocycles. The van der Waals surface area contributed by atoms with Crippen LogP contribution in [0.5, 0.6) is 0 Å². The second-order valence-corrected chi connectivity index (χ2v) is 9.35. The van der Waals surface area contributed by atoms with Gasteiger partial charge in [0.2, 0.25) is 5.91 Å². The van der Waals surface area contributed by atoms with Crippen LogP contribution in [0.3, 0.4) is 0 Å². The first-order valence-electron chi connectivity index (χ1n) is 10.9. The van der Waals surface area contributed by atoms with Crippen LogP contribution in [-0.2, 0) is 16.1 Å². The smallest absolute Gasteiger partial charge is 0.252 e. The SMILES string of the molecule is CN1CCC(N2CC3(C2)C(=O)N(Cc2ccccc2F)C(=O)[C@@H]2C[C@@H](O)CN23)CC1. The molecule has 1 aromatic carbocycles. The Bertz CT molecular complexity index is 851. The first-order chi connectivity index (χ1) is 14.4. The summed E-state index contributed by atoms with van der Waals surface area (Å²) < 4.78 is 14.2. The molecule has 30 heavy (non-hydrogen) atoms. The maximum Gasteiger partial charge on any atom is 0.252 e. The van der Waals surface area contributed by atoms with E-state index in [4.69, 9.17) is 0 Å². The van der Waals surface area contributed by atoms with E-state index in [1.807, 2.05) is 4.90 Å².